The van der Waals surface area contributed by atoms with E-state index >= 15 is 0 Å². The molecule has 0 saturated heterocycles. The summed E-state index contributed by atoms with van der Waals surface area (Å²) < 4.78 is 27.7. The van der Waals surface area contributed by atoms with Gasteiger partial charge in [-0.25, -0.2) is 8.78 Å². The second-order valence-corrected chi connectivity index (χ2v) is 5.33. The zero-order chi connectivity index (χ0) is 14.9. The Morgan fingerprint density at radius 3 is 2.55 bits per heavy atom. The number of carbonyl (C=O) groups excluding carboxylic acids is 1. The molecule has 0 radical (unpaired) electrons. The van der Waals surface area contributed by atoms with Gasteiger partial charge >= 0.3 is 0 Å². The van der Waals surface area contributed by atoms with Crippen molar-refractivity contribution < 1.29 is 13.6 Å². The van der Waals surface area contributed by atoms with Crippen molar-refractivity contribution in [1.82, 2.24) is 0 Å². The van der Waals surface area contributed by atoms with Crippen molar-refractivity contribution in [2.45, 2.75) is 13.8 Å². The average molecular weight is 340 g/mol. The van der Waals surface area contributed by atoms with Crippen LogP contribution in [0.5, 0.6) is 0 Å². The fourth-order valence-electron chi connectivity index (χ4n) is 1.79. The second-order valence-electron chi connectivity index (χ2n) is 4.47. The third-order valence-electron chi connectivity index (χ3n) is 2.95. The Labute approximate surface area is 123 Å². The Morgan fingerprint density at radius 2 is 1.85 bits per heavy atom. The summed E-state index contributed by atoms with van der Waals surface area (Å²) in [7, 11) is 0. The minimum absolute atomic E-state index is 0.0623. The first-order valence-corrected chi connectivity index (χ1v) is 6.71. The van der Waals surface area contributed by atoms with E-state index in [0.29, 0.717) is 21.3 Å². The molecular weight excluding hydrogens is 328 g/mol. The van der Waals surface area contributed by atoms with Crippen molar-refractivity contribution in [2.75, 3.05) is 5.32 Å². The van der Waals surface area contributed by atoms with E-state index in [4.69, 9.17) is 0 Å². The summed E-state index contributed by atoms with van der Waals surface area (Å²) in [5.41, 5.74) is 1.32. The molecule has 0 aliphatic heterocycles. The summed E-state index contributed by atoms with van der Waals surface area (Å²) in [5, 5.41) is 2.52. The van der Waals surface area contributed by atoms with Gasteiger partial charge in [-0.05, 0) is 59.1 Å². The molecule has 0 heterocycles. The number of rotatable bonds is 2. The number of nitrogens with one attached hydrogen (secondary N) is 1. The molecule has 0 aliphatic carbocycles. The molecule has 2 rings (SSSR count). The lowest BCUT2D eigenvalue weighted by Gasteiger charge is -2.10. The van der Waals surface area contributed by atoms with Crippen molar-refractivity contribution in [3.63, 3.8) is 0 Å². The van der Waals surface area contributed by atoms with E-state index in [2.05, 4.69) is 21.2 Å². The molecule has 5 heteroatoms. The summed E-state index contributed by atoms with van der Waals surface area (Å²) in [6.07, 6.45) is 0. The standard InChI is InChI=1S/C15H12BrF2NO/c1-8-4-3-5-10(14(8)18)15(20)19-13-7-12(17)11(16)6-9(13)2/h3-7H,1-2H3,(H,19,20). The maximum Gasteiger partial charge on any atom is 0.258 e. The molecule has 0 saturated carbocycles. The van der Waals surface area contributed by atoms with Crippen LogP contribution in [0.25, 0.3) is 0 Å². The van der Waals surface area contributed by atoms with Crippen LogP contribution in [0, 0.1) is 25.5 Å². The summed E-state index contributed by atoms with van der Waals surface area (Å²) >= 11 is 3.06. The molecule has 0 unspecified atom stereocenters. The van der Waals surface area contributed by atoms with Crippen molar-refractivity contribution in [3.8, 4) is 0 Å². The van der Waals surface area contributed by atoms with Crippen LogP contribution in [0.4, 0.5) is 14.5 Å². The van der Waals surface area contributed by atoms with Crippen LogP contribution in [-0.4, -0.2) is 5.91 Å². The van der Waals surface area contributed by atoms with Gasteiger partial charge in [-0.2, -0.15) is 0 Å². The second kappa shape index (κ2) is 5.71. The SMILES string of the molecule is Cc1cc(Br)c(F)cc1NC(=O)c1cccc(C)c1F. The summed E-state index contributed by atoms with van der Waals surface area (Å²) in [5.74, 6) is -1.66. The molecule has 0 bridgehead atoms. The fourth-order valence-corrected chi connectivity index (χ4v) is 2.25. The maximum atomic E-state index is 13.9. The first kappa shape index (κ1) is 14.7. The summed E-state index contributed by atoms with van der Waals surface area (Å²) in [4.78, 5) is 12.1. The number of amides is 1. The molecule has 104 valence electrons. The van der Waals surface area contributed by atoms with Gasteiger partial charge in [-0.15, -0.1) is 0 Å². The van der Waals surface area contributed by atoms with Gasteiger partial charge in [0, 0.05) is 5.69 Å². The minimum Gasteiger partial charge on any atom is -0.322 e. The van der Waals surface area contributed by atoms with Gasteiger partial charge in [0.25, 0.3) is 5.91 Å². The van der Waals surface area contributed by atoms with E-state index < -0.39 is 17.5 Å². The van der Waals surface area contributed by atoms with E-state index in [9.17, 15) is 13.6 Å². The number of aryl methyl sites for hydroxylation is 2. The molecule has 0 fully saturated rings. The van der Waals surface area contributed by atoms with Crippen molar-refractivity contribution in [1.29, 1.82) is 0 Å². The van der Waals surface area contributed by atoms with Crippen molar-refractivity contribution in [2.24, 2.45) is 0 Å². The van der Waals surface area contributed by atoms with Gasteiger partial charge in [0.05, 0.1) is 10.0 Å². The lowest BCUT2D eigenvalue weighted by molar-refractivity contribution is 0.102. The van der Waals surface area contributed by atoms with E-state index in [1.54, 1.807) is 32.0 Å². The molecule has 0 aromatic heterocycles. The van der Waals surface area contributed by atoms with Gasteiger partial charge in [-0.1, -0.05) is 12.1 Å². The third kappa shape index (κ3) is 2.88. The van der Waals surface area contributed by atoms with Gasteiger partial charge in [0.1, 0.15) is 11.6 Å². The number of halogens is 3. The van der Waals surface area contributed by atoms with Gasteiger partial charge in [-0.3, -0.25) is 4.79 Å². The monoisotopic (exact) mass is 339 g/mol. The highest BCUT2D eigenvalue weighted by Gasteiger charge is 2.15. The molecule has 0 spiro atoms. The molecule has 2 aromatic rings. The summed E-state index contributed by atoms with van der Waals surface area (Å²) in [6.45, 7) is 3.31. The number of carbonyl (C=O) groups is 1. The fraction of sp³-hybridized carbons (Fsp3) is 0.133. The Morgan fingerprint density at radius 1 is 1.15 bits per heavy atom. The predicted molar refractivity (Wildman–Crippen MR) is 77.9 cm³/mol. The Kier molecular flexibility index (Phi) is 4.18. The molecule has 2 nitrogen and oxygen atoms in total. The maximum absolute atomic E-state index is 13.9. The molecule has 2 aromatic carbocycles. The van der Waals surface area contributed by atoms with Crippen LogP contribution in [-0.2, 0) is 0 Å². The quantitative estimate of drug-likeness (QED) is 0.851. The molecule has 20 heavy (non-hydrogen) atoms. The zero-order valence-corrected chi connectivity index (χ0v) is 12.5. The highest BCUT2D eigenvalue weighted by atomic mass is 79.9. The van der Waals surface area contributed by atoms with Crippen LogP contribution in [0.15, 0.2) is 34.8 Å². The first-order chi connectivity index (χ1) is 9.40. The summed E-state index contributed by atoms with van der Waals surface area (Å²) in [6, 6.07) is 7.32. The van der Waals surface area contributed by atoms with Crippen molar-refractivity contribution in [3.05, 3.63) is 63.1 Å². The van der Waals surface area contributed by atoms with E-state index in [1.165, 1.54) is 12.1 Å². The Bertz CT molecular complexity index is 686. The molecule has 0 atom stereocenters. The van der Waals surface area contributed by atoms with Crippen LogP contribution in [0.1, 0.15) is 21.5 Å². The third-order valence-corrected chi connectivity index (χ3v) is 3.56. The minimum atomic E-state index is -0.601. The Hall–Kier alpha value is -1.75. The lowest BCUT2D eigenvalue weighted by Crippen LogP contribution is -2.15. The smallest absolute Gasteiger partial charge is 0.258 e. The van der Waals surface area contributed by atoms with Gasteiger partial charge < -0.3 is 5.32 Å². The normalized spacial score (nSPS) is 10.4. The number of hydrogen-bond donors (Lipinski definition) is 1. The van der Waals surface area contributed by atoms with Gasteiger partial charge in [0.2, 0.25) is 0 Å². The largest absolute Gasteiger partial charge is 0.322 e. The molecular formula is C15H12BrF2NO. The number of anilines is 1. The lowest BCUT2D eigenvalue weighted by atomic mass is 10.1. The average Bonchev–Trinajstić information content (AvgIpc) is 2.39. The topological polar surface area (TPSA) is 29.1 Å². The van der Waals surface area contributed by atoms with Crippen molar-refractivity contribution >= 4 is 27.5 Å². The van der Waals surface area contributed by atoms with E-state index in [-0.39, 0.29) is 5.56 Å². The molecule has 0 aliphatic rings. The number of hydrogen-bond acceptors (Lipinski definition) is 1. The van der Waals surface area contributed by atoms with E-state index in [1.807, 2.05) is 0 Å². The molecule has 1 amide bonds. The van der Waals surface area contributed by atoms with Gasteiger partial charge in [0.15, 0.2) is 0 Å². The van der Waals surface area contributed by atoms with Crippen LogP contribution < -0.4 is 5.32 Å². The Balaban J connectivity index is 2.33. The highest BCUT2D eigenvalue weighted by molar-refractivity contribution is 9.10. The first-order valence-electron chi connectivity index (χ1n) is 5.92. The van der Waals surface area contributed by atoms with Crippen LogP contribution in [0.2, 0.25) is 0 Å². The molecule has 1 N–H and O–H groups in total. The van der Waals surface area contributed by atoms with Crippen LogP contribution >= 0.6 is 15.9 Å². The number of benzene rings is 2. The zero-order valence-electron chi connectivity index (χ0n) is 10.9. The van der Waals surface area contributed by atoms with E-state index in [0.717, 1.165) is 0 Å². The van der Waals surface area contributed by atoms with Crippen LogP contribution in [0.3, 0.4) is 0 Å². The predicted octanol–water partition coefficient (Wildman–Crippen LogP) is 4.60. The highest BCUT2D eigenvalue weighted by Crippen LogP contribution is 2.24.